The predicted molar refractivity (Wildman–Crippen MR) is 288 cm³/mol. The summed E-state index contributed by atoms with van der Waals surface area (Å²) in [6.45, 7) is 6.34. The van der Waals surface area contributed by atoms with Crippen molar-refractivity contribution in [2.75, 3.05) is 13.2 Å². The average molecular weight is 929 g/mol. The zero-order valence-corrected chi connectivity index (χ0v) is 43.4. The molecule has 0 aromatic heterocycles. The van der Waals surface area contributed by atoms with Gasteiger partial charge in [-0.1, -0.05) is 207 Å². The third-order valence-electron chi connectivity index (χ3n) is 11.2. The fraction of sp³-hybridized carbons (Fsp3) is 0.656. The number of hydrogen-bond donors (Lipinski definition) is 0. The van der Waals surface area contributed by atoms with Gasteiger partial charge in [0.05, 0.1) is 0 Å². The molecule has 0 aliphatic heterocycles. The summed E-state index contributed by atoms with van der Waals surface area (Å²) in [5.74, 6) is -0.966. The van der Waals surface area contributed by atoms with Crippen LogP contribution in [0, 0.1) is 0 Å². The fourth-order valence-electron chi connectivity index (χ4n) is 7.18. The van der Waals surface area contributed by atoms with E-state index in [2.05, 4.69) is 130 Å². The molecule has 6 nitrogen and oxygen atoms in total. The highest BCUT2D eigenvalue weighted by atomic mass is 16.6. The molecular formula is C61H100O6. The van der Waals surface area contributed by atoms with E-state index in [1.165, 1.54) is 51.4 Å². The first-order chi connectivity index (χ1) is 33.0. The highest BCUT2D eigenvalue weighted by Gasteiger charge is 2.19. The number of hydrogen-bond acceptors (Lipinski definition) is 6. The third kappa shape index (κ3) is 52.9. The largest absolute Gasteiger partial charge is 0.462 e. The summed E-state index contributed by atoms with van der Waals surface area (Å²) in [5.41, 5.74) is 0. The van der Waals surface area contributed by atoms with Crippen molar-refractivity contribution < 1.29 is 28.6 Å². The van der Waals surface area contributed by atoms with Gasteiger partial charge in [-0.3, -0.25) is 14.4 Å². The van der Waals surface area contributed by atoms with Gasteiger partial charge in [0.25, 0.3) is 0 Å². The molecule has 0 radical (unpaired) electrons. The lowest BCUT2D eigenvalue weighted by molar-refractivity contribution is -0.167. The van der Waals surface area contributed by atoms with Gasteiger partial charge in [0.1, 0.15) is 13.2 Å². The van der Waals surface area contributed by atoms with Gasteiger partial charge in [-0.15, -0.1) is 0 Å². The molecule has 0 N–H and O–H groups in total. The van der Waals surface area contributed by atoms with E-state index in [0.717, 1.165) is 148 Å². The van der Waals surface area contributed by atoms with Crippen LogP contribution < -0.4 is 0 Å². The summed E-state index contributed by atoms with van der Waals surface area (Å²) in [7, 11) is 0. The Balaban J connectivity index is 4.45. The highest BCUT2D eigenvalue weighted by Crippen LogP contribution is 2.13. The Morgan fingerprint density at radius 3 is 0.925 bits per heavy atom. The zero-order valence-electron chi connectivity index (χ0n) is 43.4. The van der Waals surface area contributed by atoms with Crippen molar-refractivity contribution in [3.63, 3.8) is 0 Å². The number of rotatable bonds is 48. The SMILES string of the molecule is CC/C=C\C/C=C\C/C=C\CCCCCCCC(=O)OC(COC(=O)CCCCC/C=C\C/C=C\C/C=C\CC)COC(=O)CCCCCCCC/C=C\C/C=C\C/C=C\CCCCCCC. The first-order valence-electron chi connectivity index (χ1n) is 27.4. The summed E-state index contributed by atoms with van der Waals surface area (Å²) in [6, 6.07) is 0. The molecule has 0 heterocycles. The summed E-state index contributed by atoms with van der Waals surface area (Å²) in [6.07, 6.45) is 73.6. The second-order valence-electron chi connectivity index (χ2n) is 17.7. The first-order valence-corrected chi connectivity index (χ1v) is 27.4. The van der Waals surface area contributed by atoms with E-state index in [-0.39, 0.29) is 31.1 Å². The van der Waals surface area contributed by atoms with Crippen LogP contribution in [0.25, 0.3) is 0 Å². The molecule has 0 aromatic rings. The van der Waals surface area contributed by atoms with Gasteiger partial charge in [-0.05, 0) is 122 Å². The molecule has 0 rings (SSSR count). The quantitative estimate of drug-likeness (QED) is 0.0262. The molecule has 0 fully saturated rings. The lowest BCUT2D eigenvalue weighted by Crippen LogP contribution is -2.30. The minimum Gasteiger partial charge on any atom is -0.462 e. The molecule has 0 bridgehead atoms. The third-order valence-corrected chi connectivity index (χ3v) is 11.2. The molecule has 0 spiro atoms. The molecule has 0 saturated carbocycles. The molecule has 1 atom stereocenters. The minimum absolute atomic E-state index is 0.104. The van der Waals surface area contributed by atoms with Crippen molar-refractivity contribution in [3.8, 4) is 0 Å². The molecule has 0 amide bonds. The summed E-state index contributed by atoms with van der Waals surface area (Å²) < 4.78 is 16.8. The molecule has 0 aliphatic carbocycles. The second-order valence-corrected chi connectivity index (χ2v) is 17.7. The normalized spacial score (nSPS) is 12.9. The van der Waals surface area contributed by atoms with Crippen molar-refractivity contribution in [3.05, 3.63) is 109 Å². The molecular weight excluding hydrogens is 829 g/mol. The lowest BCUT2D eigenvalue weighted by Gasteiger charge is -2.18. The van der Waals surface area contributed by atoms with Gasteiger partial charge in [0, 0.05) is 19.3 Å². The lowest BCUT2D eigenvalue weighted by atomic mass is 10.1. The molecule has 0 aromatic carbocycles. The minimum atomic E-state index is -0.807. The van der Waals surface area contributed by atoms with Gasteiger partial charge in [-0.2, -0.15) is 0 Å². The van der Waals surface area contributed by atoms with Crippen LogP contribution in [0.2, 0.25) is 0 Å². The Labute approximate surface area is 412 Å². The van der Waals surface area contributed by atoms with Gasteiger partial charge in [0.2, 0.25) is 0 Å². The number of carbonyl (C=O) groups excluding carboxylic acids is 3. The summed E-state index contributed by atoms with van der Waals surface area (Å²) in [4.78, 5) is 38.1. The Kier molecular flexibility index (Phi) is 51.5. The van der Waals surface area contributed by atoms with E-state index < -0.39 is 6.10 Å². The Hall–Kier alpha value is -3.93. The van der Waals surface area contributed by atoms with Crippen LogP contribution >= 0.6 is 0 Å². The van der Waals surface area contributed by atoms with E-state index in [1.807, 2.05) is 0 Å². The molecule has 380 valence electrons. The Morgan fingerprint density at radius 2 is 0.582 bits per heavy atom. The fourth-order valence-corrected chi connectivity index (χ4v) is 7.18. The van der Waals surface area contributed by atoms with E-state index in [9.17, 15) is 14.4 Å². The first kappa shape index (κ1) is 63.1. The van der Waals surface area contributed by atoms with Crippen LogP contribution in [-0.2, 0) is 28.6 Å². The van der Waals surface area contributed by atoms with Crippen LogP contribution in [0.15, 0.2) is 109 Å². The van der Waals surface area contributed by atoms with Crippen molar-refractivity contribution in [2.24, 2.45) is 0 Å². The topological polar surface area (TPSA) is 78.9 Å². The van der Waals surface area contributed by atoms with Gasteiger partial charge in [-0.25, -0.2) is 0 Å². The molecule has 1 unspecified atom stereocenters. The van der Waals surface area contributed by atoms with E-state index >= 15 is 0 Å². The zero-order chi connectivity index (χ0) is 48.6. The monoisotopic (exact) mass is 929 g/mol. The van der Waals surface area contributed by atoms with Gasteiger partial charge < -0.3 is 14.2 Å². The number of ether oxygens (including phenoxy) is 3. The van der Waals surface area contributed by atoms with E-state index in [0.29, 0.717) is 19.3 Å². The highest BCUT2D eigenvalue weighted by molar-refractivity contribution is 5.71. The molecule has 0 aliphatic rings. The second kappa shape index (κ2) is 54.7. The number of allylic oxidation sites excluding steroid dienone is 18. The number of carbonyl (C=O) groups is 3. The van der Waals surface area contributed by atoms with Crippen LogP contribution in [0.1, 0.15) is 239 Å². The average Bonchev–Trinajstić information content (AvgIpc) is 3.33. The number of esters is 3. The molecule has 6 heteroatoms. The maximum absolute atomic E-state index is 12.8. The van der Waals surface area contributed by atoms with Crippen LogP contribution in [0.4, 0.5) is 0 Å². The smallest absolute Gasteiger partial charge is 0.306 e. The van der Waals surface area contributed by atoms with Crippen molar-refractivity contribution in [1.82, 2.24) is 0 Å². The van der Waals surface area contributed by atoms with Crippen LogP contribution in [0.3, 0.4) is 0 Å². The van der Waals surface area contributed by atoms with Crippen molar-refractivity contribution in [1.29, 1.82) is 0 Å². The van der Waals surface area contributed by atoms with Crippen molar-refractivity contribution >= 4 is 17.9 Å². The van der Waals surface area contributed by atoms with E-state index in [1.54, 1.807) is 0 Å². The predicted octanol–water partition coefficient (Wildman–Crippen LogP) is 18.3. The van der Waals surface area contributed by atoms with Gasteiger partial charge >= 0.3 is 17.9 Å². The molecule has 67 heavy (non-hydrogen) atoms. The van der Waals surface area contributed by atoms with Gasteiger partial charge in [0.15, 0.2) is 6.10 Å². The summed E-state index contributed by atoms with van der Waals surface area (Å²) in [5, 5.41) is 0. The van der Waals surface area contributed by atoms with E-state index in [4.69, 9.17) is 14.2 Å². The number of unbranched alkanes of at least 4 members (excludes halogenated alkanes) is 19. The van der Waals surface area contributed by atoms with Crippen LogP contribution in [-0.4, -0.2) is 37.2 Å². The standard InChI is InChI=1S/C61H100O6/c1-4-7-10-13-16-19-22-25-27-28-29-30-31-32-34-36-39-42-45-48-51-54-60(63)66-57-58(56-65-59(62)53-50-47-44-41-38-35-24-21-18-15-12-9-6-3)67-61(64)55-52-49-46-43-40-37-33-26-23-20-17-14-11-8-5-2/h8-9,11-12,17-18,20-22,25-26,28-29,31-33,35,38,58H,4-7,10,13-16,19,23-24,27,30,34,36-37,39-57H2,1-3H3/b11-8-,12-9-,20-17-,21-18-,25-22-,29-28-,32-31-,33-26-,38-35-. The van der Waals surface area contributed by atoms with Crippen molar-refractivity contribution in [2.45, 2.75) is 245 Å². The van der Waals surface area contributed by atoms with Crippen LogP contribution in [0.5, 0.6) is 0 Å². The molecule has 0 saturated heterocycles. The maximum Gasteiger partial charge on any atom is 0.306 e. The Bertz CT molecular complexity index is 1390. The summed E-state index contributed by atoms with van der Waals surface area (Å²) >= 11 is 0. The maximum atomic E-state index is 12.8. The Morgan fingerprint density at radius 1 is 0.313 bits per heavy atom.